The van der Waals surface area contributed by atoms with Crippen LogP contribution in [-0.4, -0.2) is 29.3 Å². The molecule has 2 heteroatoms. The van der Waals surface area contributed by atoms with E-state index in [1.807, 2.05) is 6.08 Å². The molecule has 2 rings (SSSR count). The minimum atomic E-state index is -0.191. The maximum absolute atomic E-state index is 9.99. The maximum Gasteiger partial charge on any atom is 0.110 e. The zero-order chi connectivity index (χ0) is 9.26. The first-order valence-corrected chi connectivity index (χ1v) is 5.36. The fourth-order valence-electron chi connectivity index (χ4n) is 2.88. The molecule has 0 radical (unpaired) electrons. The Hall–Kier alpha value is -0.340. The molecule has 0 amide bonds. The van der Waals surface area contributed by atoms with E-state index >= 15 is 0 Å². The predicted molar refractivity (Wildman–Crippen MR) is 53.2 cm³/mol. The van der Waals surface area contributed by atoms with Gasteiger partial charge in [-0.3, -0.25) is 4.90 Å². The van der Waals surface area contributed by atoms with E-state index < -0.39 is 0 Å². The lowest BCUT2D eigenvalue weighted by Crippen LogP contribution is -2.32. The number of rotatable bonds is 2. The Morgan fingerprint density at radius 3 is 2.85 bits per heavy atom. The van der Waals surface area contributed by atoms with Crippen LogP contribution in [0.2, 0.25) is 0 Å². The molecule has 1 aliphatic heterocycles. The summed E-state index contributed by atoms with van der Waals surface area (Å²) in [7, 11) is 0. The number of hydrogen-bond acceptors (Lipinski definition) is 2. The molecule has 74 valence electrons. The summed E-state index contributed by atoms with van der Waals surface area (Å²) in [5.74, 6) is 1.30. The van der Waals surface area contributed by atoms with Gasteiger partial charge in [0.05, 0.1) is 0 Å². The van der Waals surface area contributed by atoms with Crippen LogP contribution in [0.15, 0.2) is 12.7 Å². The molecule has 3 atom stereocenters. The molecule has 2 nitrogen and oxygen atoms in total. The predicted octanol–water partition coefficient (Wildman–Crippen LogP) is 1.61. The highest BCUT2D eigenvalue weighted by Gasteiger charge is 2.40. The van der Waals surface area contributed by atoms with E-state index in [4.69, 9.17) is 0 Å². The molecule has 1 saturated carbocycles. The summed E-state index contributed by atoms with van der Waals surface area (Å²) in [6.45, 7) is 5.65. The van der Waals surface area contributed by atoms with Crippen LogP contribution in [0.3, 0.4) is 0 Å². The van der Waals surface area contributed by atoms with Crippen molar-refractivity contribution in [1.29, 1.82) is 0 Å². The van der Waals surface area contributed by atoms with E-state index in [1.54, 1.807) is 0 Å². The van der Waals surface area contributed by atoms with Crippen molar-refractivity contribution in [3.63, 3.8) is 0 Å². The Morgan fingerprint density at radius 1 is 1.38 bits per heavy atom. The van der Waals surface area contributed by atoms with Crippen LogP contribution in [-0.2, 0) is 0 Å². The number of fused-ring (bicyclic) bond motifs is 1. The minimum Gasteiger partial charge on any atom is -0.378 e. The molecular formula is C11H19NO. The van der Waals surface area contributed by atoms with E-state index in [-0.39, 0.29) is 6.23 Å². The summed E-state index contributed by atoms with van der Waals surface area (Å²) in [6.07, 6.45) is 6.90. The van der Waals surface area contributed by atoms with Crippen molar-refractivity contribution in [1.82, 2.24) is 4.90 Å². The lowest BCUT2D eigenvalue weighted by molar-refractivity contribution is 0.00569. The molecule has 0 aromatic carbocycles. The molecule has 0 aromatic rings. The molecule has 2 fully saturated rings. The summed E-state index contributed by atoms with van der Waals surface area (Å²) in [5.41, 5.74) is 0. The smallest absolute Gasteiger partial charge is 0.110 e. The van der Waals surface area contributed by atoms with E-state index in [2.05, 4.69) is 11.5 Å². The Labute approximate surface area is 80.2 Å². The van der Waals surface area contributed by atoms with Crippen LogP contribution in [0.4, 0.5) is 0 Å². The lowest BCUT2D eigenvalue weighted by Gasteiger charge is -2.26. The molecule has 0 bridgehead atoms. The third-order valence-corrected chi connectivity index (χ3v) is 3.56. The molecule has 13 heavy (non-hydrogen) atoms. The van der Waals surface area contributed by atoms with Gasteiger partial charge in [-0.15, -0.1) is 6.58 Å². The molecule has 0 aromatic heterocycles. The van der Waals surface area contributed by atoms with Crippen molar-refractivity contribution in [3.8, 4) is 0 Å². The summed E-state index contributed by atoms with van der Waals surface area (Å²) in [6, 6.07) is 0. The SMILES string of the molecule is C=CCN1CC2CCCCC2C1O. The van der Waals surface area contributed by atoms with Gasteiger partial charge in [-0.2, -0.15) is 0 Å². The first-order valence-electron chi connectivity index (χ1n) is 5.36. The van der Waals surface area contributed by atoms with Crippen LogP contribution in [0, 0.1) is 11.8 Å². The summed E-state index contributed by atoms with van der Waals surface area (Å²) in [5, 5.41) is 9.99. The first kappa shape index (κ1) is 9.22. The number of nitrogens with zero attached hydrogens (tertiary/aromatic N) is 1. The Morgan fingerprint density at radius 2 is 2.15 bits per heavy atom. The summed E-state index contributed by atoms with van der Waals surface area (Å²) in [4.78, 5) is 2.16. The van der Waals surface area contributed by atoms with Crippen molar-refractivity contribution in [3.05, 3.63) is 12.7 Å². The Balaban J connectivity index is 2.00. The van der Waals surface area contributed by atoms with Crippen LogP contribution >= 0.6 is 0 Å². The molecule has 1 heterocycles. The minimum absolute atomic E-state index is 0.191. The topological polar surface area (TPSA) is 23.5 Å². The van der Waals surface area contributed by atoms with Gasteiger partial charge in [0.15, 0.2) is 0 Å². The highest BCUT2D eigenvalue weighted by Crippen LogP contribution is 2.39. The molecule has 0 spiro atoms. The van der Waals surface area contributed by atoms with Crippen LogP contribution in [0.5, 0.6) is 0 Å². The van der Waals surface area contributed by atoms with Gasteiger partial charge in [0.1, 0.15) is 6.23 Å². The van der Waals surface area contributed by atoms with Gasteiger partial charge < -0.3 is 5.11 Å². The van der Waals surface area contributed by atoms with Crippen molar-refractivity contribution in [2.24, 2.45) is 11.8 Å². The zero-order valence-electron chi connectivity index (χ0n) is 8.15. The highest BCUT2D eigenvalue weighted by atomic mass is 16.3. The van der Waals surface area contributed by atoms with Crippen LogP contribution in [0.1, 0.15) is 25.7 Å². The van der Waals surface area contributed by atoms with Gasteiger partial charge in [0, 0.05) is 19.0 Å². The average molecular weight is 181 g/mol. The number of aliphatic hydroxyl groups excluding tert-OH is 1. The van der Waals surface area contributed by atoms with Crippen LogP contribution in [0.25, 0.3) is 0 Å². The molecular weight excluding hydrogens is 162 g/mol. The fraction of sp³-hybridized carbons (Fsp3) is 0.818. The quantitative estimate of drug-likeness (QED) is 0.654. The maximum atomic E-state index is 9.99. The largest absolute Gasteiger partial charge is 0.378 e. The Bertz CT molecular complexity index is 193. The van der Waals surface area contributed by atoms with E-state index in [0.29, 0.717) is 5.92 Å². The van der Waals surface area contributed by atoms with E-state index in [9.17, 15) is 5.11 Å². The normalized spacial score (nSPS) is 40.2. The van der Waals surface area contributed by atoms with Gasteiger partial charge >= 0.3 is 0 Å². The van der Waals surface area contributed by atoms with Gasteiger partial charge in [0.2, 0.25) is 0 Å². The second-order valence-electron chi connectivity index (χ2n) is 4.36. The van der Waals surface area contributed by atoms with Crippen molar-refractivity contribution in [2.75, 3.05) is 13.1 Å². The van der Waals surface area contributed by atoms with Crippen molar-refractivity contribution in [2.45, 2.75) is 31.9 Å². The zero-order valence-corrected chi connectivity index (χ0v) is 8.15. The van der Waals surface area contributed by atoms with Gasteiger partial charge in [-0.05, 0) is 18.8 Å². The Kier molecular flexibility index (Phi) is 2.70. The van der Waals surface area contributed by atoms with E-state index in [0.717, 1.165) is 19.0 Å². The van der Waals surface area contributed by atoms with E-state index in [1.165, 1.54) is 25.7 Å². The monoisotopic (exact) mass is 181 g/mol. The second kappa shape index (κ2) is 3.81. The summed E-state index contributed by atoms with van der Waals surface area (Å²) >= 11 is 0. The fourth-order valence-corrected chi connectivity index (χ4v) is 2.88. The number of likely N-dealkylation sites (tertiary alicyclic amines) is 1. The van der Waals surface area contributed by atoms with Crippen molar-refractivity contribution < 1.29 is 5.11 Å². The molecule has 1 saturated heterocycles. The average Bonchev–Trinajstić information content (AvgIpc) is 2.46. The third kappa shape index (κ3) is 1.65. The van der Waals surface area contributed by atoms with Gasteiger partial charge in [-0.1, -0.05) is 18.9 Å². The van der Waals surface area contributed by atoms with Crippen LogP contribution < -0.4 is 0 Å². The first-order chi connectivity index (χ1) is 6.33. The number of hydrogen-bond donors (Lipinski definition) is 1. The number of aliphatic hydroxyl groups is 1. The second-order valence-corrected chi connectivity index (χ2v) is 4.36. The molecule has 1 aliphatic carbocycles. The highest BCUT2D eigenvalue weighted by molar-refractivity contribution is 4.91. The molecule has 3 unspecified atom stereocenters. The lowest BCUT2D eigenvalue weighted by atomic mass is 9.81. The summed E-state index contributed by atoms with van der Waals surface area (Å²) < 4.78 is 0. The standard InChI is InChI=1S/C11H19NO/c1-2-7-12-8-9-5-3-4-6-10(9)11(12)13/h2,9-11,13H,1,3-8H2. The van der Waals surface area contributed by atoms with Crippen molar-refractivity contribution >= 4 is 0 Å². The molecule has 1 N–H and O–H groups in total. The molecule has 2 aliphatic rings. The van der Waals surface area contributed by atoms with Gasteiger partial charge in [0.25, 0.3) is 0 Å². The van der Waals surface area contributed by atoms with Gasteiger partial charge in [-0.25, -0.2) is 0 Å². The third-order valence-electron chi connectivity index (χ3n) is 3.56.